The van der Waals surface area contributed by atoms with Gasteiger partial charge in [0.25, 0.3) is 0 Å². The van der Waals surface area contributed by atoms with Crippen molar-refractivity contribution in [1.29, 1.82) is 0 Å². The summed E-state index contributed by atoms with van der Waals surface area (Å²) in [5, 5.41) is 0. The van der Waals surface area contributed by atoms with Crippen LogP contribution in [0, 0.1) is 88.3 Å². The van der Waals surface area contributed by atoms with Crippen molar-refractivity contribution < 1.29 is 0 Å². The minimum atomic E-state index is 0.623. The Bertz CT molecular complexity index is 1030. The Kier molecular flexibility index (Phi) is 10.7. The van der Waals surface area contributed by atoms with E-state index in [-0.39, 0.29) is 0 Å². The molecule has 0 heterocycles. The highest BCUT2D eigenvalue weighted by Gasteiger charge is 2.64. The van der Waals surface area contributed by atoms with E-state index in [9.17, 15) is 0 Å². The van der Waals surface area contributed by atoms with Crippen molar-refractivity contribution in [3.05, 3.63) is 5.92 Å². The molecule has 0 amide bonds. The van der Waals surface area contributed by atoms with Crippen LogP contribution in [-0.2, 0) is 0 Å². The summed E-state index contributed by atoms with van der Waals surface area (Å²) in [6.07, 6.45) is 52.7. The van der Waals surface area contributed by atoms with Gasteiger partial charge in [0.15, 0.2) is 0 Å². The summed E-state index contributed by atoms with van der Waals surface area (Å²) in [6.45, 7) is 0. The molecule has 9 rings (SSSR count). The molecular weight excluding hydrogens is 577 g/mol. The van der Waals surface area contributed by atoms with Crippen molar-refractivity contribution in [1.82, 2.24) is 0 Å². The number of rotatable bonds is 2. The highest BCUT2D eigenvalue weighted by molar-refractivity contribution is 5.23. The van der Waals surface area contributed by atoms with Crippen LogP contribution in [0.1, 0.15) is 212 Å². The molecule has 0 aromatic heterocycles. The van der Waals surface area contributed by atoms with E-state index in [0.717, 1.165) is 76.9 Å². The van der Waals surface area contributed by atoms with Gasteiger partial charge >= 0.3 is 0 Å². The lowest BCUT2D eigenvalue weighted by molar-refractivity contribution is -0.115. The molecule has 48 heavy (non-hydrogen) atoms. The molecule has 0 heteroatoms. The van der Waals surface area contributed by atoms with Gasteiger partial charge in [-0.1, -0.05) is 135 Å². The van der Waals surface area contributed by atoms with Crippen LogP contribution < -0.4 is 0 Å². The summed E-state index contributed by atoms with van der Waals surface area (Å²) in [7, 11) is 0. The van der Waals surface area contributed by atoms with Crippen LogP contribution in [0.3, 0.4) is 0 Å². The molecule has 9 fully saturated rings. The first kappa shape index (κ1) is 33.8. The monoisotopic (exact) mass is 656 g/mol. The maximum absolute atomic E-state index is 2.34. The Morgan fingerprint density at radius 1 is 0.333 bits per heavy atom. The molecular formula is C48H79. The fraction of sp³-hybridized carbons (Fsp3) is 0.979. The first-order valence-electron chi connectivity index (χ1n) is 23.7. The van der Waals surface area contributed by atoms with Gasteiger partial charge in [-0.05, 0) is 165 Å². The highest BCUT2D eigenvalue weighted by Crippen LogP contribution is 2.72. The standard InChI is InChI=1S/C48H79/c1-2-9-24-40-36(19-6-1)33-37-20-13-14-25-41(37)47(40)48-32-15-5-12-27-45(48)39-23-11-4-8-18-35(39)28-31-46(48)44-30-29-43-38-22-10-3-7-17-34(38)21-16-26-42(43)44/h34-44,46-47H,1-33H2. The van der Waals surface area contributed by atoms with Gasteiger partial charge in [-0.25, -0.2) is 0 Å². The Hall–Kier alpha value is 0. The zero-order valence-corrected chi connectivity index (χ0v) is 31.8. The second-order valence-electron chi connectivity index (χ2n) is 20.8. The van der Waals surface area contributed by atoms with Crippen LogP contribution in [0.15, 0.2) is 0 Å². The van der Waals surface area contributed by atoms with E-state index in [2.05, 4.69) is 5.92 Å². The SMILES string of the molecule is C1CCCC2C(CC1)CC1CCCCC1C2C12CCCCC[C]1C1CCCCCC1CCC2C1CCC2C3CCCCCC3CCCC21. The van der Waals surface area contributed by atoms with Gasteiger partial charge in [-0.2, -0.15) is 0 Å². The second kappa shape index (κ2) is 15.2. The molecule has 0 aromatic rings. The first-order chi connectivity index (χ1) is 23.8. The van der Waals surface area contributed by atoms with Gasteiger partial charge in [0.2, 0.25) is 0 Å². The third-order valence-electron chi connectivity index (χ3n) is 19.1. The number of fused-ring (bicyclic) bond motifs is 8. The molecule has 0 N–H and O–H groups in total. The summed E-state index contributed by atoms with van der Waals surface area (Å²) in [6, 6.07) is 0. The van der Waals surface area contributed by atoms with Crippen LogP contribution in [0.2, 0.25) is 0 Å². The average molecular weight is 656 g/mol. The second-order valence-corrected chi connectivity index (χ2v) is 20.8. The molecule has 0 aromatic carbocycles. The predicted octanol–water partition coefficient (Wildman–Crippen LogP) is 14.6. The summed E-state index contributed by atoms with van der Waals surface area (Å²) >= 11 is 0. The Labute approximate surface area is 299 Å². The van der Waals surface area contributed by atoms with Crippen LogP contribution in [0.5, 0.6) is 0 Å². The first-order valence-corrected chi connectivity index (χ1v) is 23.7. The van der Waals surface area contributed by atoms with Crippen LogP contribution in [-0.4, -0.2) is 0 Å². The molecule has 0 aliphatic heterocycles. The molecule has 9 aliphatic rings. The van der Waals surface area contributed by atoms with E-state index in [0.29, 0.717) is 5.41 Å². The van der Waals surface area contributed by atoms with Crippen molar-refractivity contribution in [3.63, 3.8) is 0 Å². The van der Waals surface area contributed by atoms with Gasteiger partial charge in [-0.15, -0.1) is 0 Å². The number of hydrogen-bond donors (Lipinski definition) is 0. The number of hydrogen-bond acceptors (Lipinski definition) is 0. The lowest BCUT2D eigenvalue weighted by atomic mass is 9.41. The maximum atomic E-state index is 2.34. The van der Waals surface area contributed by atoms with Crippen LogP contribution >= 0.6 is 0 Å². The summed E-state index contributed by atoms with van der Waals surface area (Å²) in [5.74, 6) is 16.4. The molecule has 0 nitrogen and oxygen atoms in total. The summed E-state index contributed by atoms with van der Waals surface area (Å²) in [5.41, 5.74) is 0.623. The molecule has 9 saturated carbocycles. The fourth-order valence-corrected chi connectivity index (χ4v) is 17.7. The van der Waals surface area contributed by atoms with Gasteiger partial charge in [0.05, 0.1) is 0 Å². The van der Waals surface area contributed by atoms with E-state index in [4.69, 9.17) is 0 Å². The van der Waals surface area contributed by atoms with E-state index in [1.807, 2.05) is 0 Å². The smallest absolute Gasteiger partial charge is 0.0140 e. The van der Waals surface area contributed by atoms with Crippen molar-refractivity contribution in [3.8, 4) is 0 Å². The predicted molar refractivity (Wildman–Crippen MR) is 203 cm³/mol. The maximum Gasteiger partial charge on any atom is -0.0140 e. The van der Waals surface area contributed by atoms with E-state index < -0.39 is 0 Å². The average Bonchev–Trinajstić information content (AvgIpc) is 3.43. The normalized spacial score (nSPS) is 50.9. The highest BCUT2D eigenvalue weighted by atomic mass is 14.7. The molecule has 1 radical (unpaired) electrons. The van der Waals surface area contributed by atoms with Crippen molar-refractivity contribution in [2.24, 2.45) is 82.3 Å². The quantitative estimate of drug-likeness (QED) is 0.278. The molecule has 14 unspecified atom stereocenters. The molecule has 0 bridgehead atoms. The largest absolute Gasteiger partial charge is 0.0533 e. The Balaban J connectivity index is 1.18. The lowest BCUT2D eigenvalue weighted by Gasteiger charge is -2.63. The molecule has 271 valence electrons. The minimum Gasteiger partial charge on any atom is -0.0533 e. The zero-order chi connectivity index (χ0) is 31.9. The van der Waals surface area contributed by atoms with E-state index in [1.54, 1.807) is 212 Å². The van der Waals surface area contributed by atoms with Crippen molar-refractivity contribution in [2.45, 2.75) is 212 Å². The van der Waals surface area contributed by atoms with Gasteiger partial charge < -0.3 is 0 Å². The molecule has 9 aliphatic carbocycles. The van der Waals surface area contributed by atoms with Crippen LogP contribution in [0.25, 0.3) is 0 Å². The van der Waals surface area contributed by atoms with Gasteiger partial charge in [0, 0.05) is 0 Å². The minimum absolute atomic E-state index is 0.623. The molecule has 0 saturated heterocycles. The van der Waals surface area contributed by atoms with Gasteiger partial charge in [-0.3, -0.25) is 0 Å². The zero-order valence-electron chi connectivity index (χ0n) is 31.8. The fourth-order valence-electron chi connectivity index (χ4n) is 17.7. The summed E-state index contributed by atoms with van der Waals surface area (Å²) in [4.78, 5) is 0. The molecule has 14 atom stereocenters. The Morgan fingerprint density at radius 3 is 1.69 bits per heavy atom. The molecule has 0 spiro atoms. The third kappa shape index (κ3) is 6.16. The van der Waals surface area contributed by atoms with E-state index in [1.165, 1.54) is 0 Å². The van der Waals surface area contributed by atoms with Gasteiger partial charge in [0.1, 0.15) is 0 Å². The van der Waals surface area contributed by atoms with E-state index >= 15 is 0 Å². The Morgan fingerprint density at radius 2 is 0.875 bits per heavy atom. The summed E-state index contributed by atoms with van der Waals surface area (Å²) < 4.78 is 0. The topological polar surface area (TPSA) is 0 Å². The van der Waals surface area contributed by atoms with Crippen LogP contribution in [0.4, 0.5) is 0 Å². The van der Waals surface area contributed by atoms with Crippen molar-refractivity contribution >= 4 is 0 Å². The third-order valence-corrected chi connectivity index (χ3v) is 19.1. The lowest BCUT2D eigenvalue weighted by Crippen LogP contribution is -2.57. The van der Waals surface area contributed by atoms with Crippen molar-refractivity contribution in [2.75, 3.05) is 0 Å².